The number of fused-ring (bicyclic) bond motifs is 2. The van der Waals surface area contributed by atoms with Gasteiger partial charge in [-0.15, -0.1) is 0 Å². The first-order chi connectivity index (χ1) is 19.9. The number of hydrogen-bond acceptors (Lipinski definition) is 6. The van der Waals surface area contributed by atoms with Gasteiger partial charge in [0.25, 0.3) is 0 Å². The first-order valence-corrected chi connectivity index (χ1v) is 14.5. The Morgan fingerprint density at radius 2 is 1.91 bits per heavy atom. The van der Waals surface area contributed by atoms with Gasteiger partial charge in [-0.05, 0) is 50.9 Å². The number of halogens is 4. The van der Waals surface area contributed by atoms with Gasteiger partial charge >= 0.3 is 12.1 Å². The van der Waals surface area contributed by atoms with Crippen LogP contribution in [0.2, 0.25) is 5.02 Å². The molecule has 5 rings (SSSR count). The highest BCUT2D eigenvalue weighted by molar-refractivity contribution is 6.35. The maximum absolute atomic E-state index is 13.7. The van der Waals surface area contributed by atoms with Crippen molar-refractivity contribution >= 4 is 40.2 Å². The molecule has 10 nitrogen and oxygen atoms in total. The van der Waals surface area contributed by atoms with Crippen LogP contribution < -0.4 is 11.1 Å². The molecule has 2 aliphatic carbocycles. The number of rotatable bonds is 8. The Hall–Kier alpha value is -3.37. The zero-order valence-corrected chi connectivity index (χ0v) is 25.4. The normalized spacial score (nSPS) is 24.2. The minimum atomic E-state index is -4.86. The van der Waals surface area contributed by atoms with Crippen molar-refractivity contribution in [3.63, 3.8) is 0 Å². The largest absolute Gasteiger partial charge is 0.470 e. The summed E-state index contributed by atoms with van der Waals surface area (Å²) in [5, 5.41) is 14.3. The number of hydrogen-bond donors (Lipinski definition) is 2. The molecule has 0 spiro atoms. The van der Waals surface area contributed by atoms with E-state index in [2.05, 4.69) is 42.9 Å². The summed E-state index contributed by atoms with van der Waals surface area (Å²) in [5.74, 6) is -2.28. The van der Waals surface area contributed by atoms with E-state index in [1.165, 1.54) is 0 Å². The Morgan fingerprint density at radius 1 is 1.28 bits per heavy atom. The van der Waals surface area contributed by atoms with Crippen molar-refractivity contribution in [2.75, 3.05) is 6.54 Å². The molecule has 14 heteroatoms. The Bertz CT molecular complexity index is 1460. The minimum Gasteiger partial charge on any atom is -0.372 e. The average molecular weight is 625 g/mol. The molecule has 2 saturated carbocycles. The molecule has 2 aromatic rings. The second-order valence-corrected chi connectivity index (χ2v) is 12.8. The molecule has 0 radical (unpaired) electrons. The van der Waals surface area contributed by atoms with Gasteiger partial charge in [0.15, 0.2) is 0 Å². The predicted octanol–water partition coefficient (Wildman–Crippen LogP) is 4.26. The fraction of sp³-hybridized carbons (Fsp3) is 0.621. The van der Waals surface area contributed by atoms with Crippen LogP contribution in [0.15, 0.2) is 18.6 Å². The van der Waals surface area contributed by atoms with Crippen molar-refractivity contribution < 1.29 is 32.3 Å². The van der Waals surface area contributed by atoms with Gasteiger partial charge in [0, 0.05) is 42.6 Å². The Morgan fingerprint density at radius 3 is 2.44 bits per heavy atom. The summed E-state index contributed by atoms with van der Waals surface area (Å²) in [7, 11) is 0. The first kappa shape index (κ1) is 32.5. The zero-order chi connectivity index (χ0) is 32.1. The molecular formula is C29H36ClF3N6O4. The van der Waals surface area contributed by atoms with Gasteiger partial charge in [-0.2, -0.15) is 18.4 Å². The van der Waals surface area contributed by atoms with Gasteiger partial charge in [-0.1, -0.05) is 25.4 Å². The van der Waals surface area contributed by atoms with Crippen LogP contribution in [0.3, 0.4) is 0 Å². The number of pyridine rings is 1. The summed E-state index contributed by atoms with van der Waals surface area (Å²) < 4.78 is 40.1. The van der Waals surface area contributed by atoms with Gasteiger partial charge in [0.1, 0.15) is 12.1 Å². The lowest BCUT2D eigenvalue weighted by Crippen LogP contribution is -2.51. The highest BCUT2D eigenvalue weighted by Crippen LogP contribution is 2.65. The van der Waals surface area contributed by atoms with Crippen LogP contribution in [-0.4, -0.2) is 62.6 Å². The lowest BCUT2D eigenvalue weighted by molar-refractivity contribution is -0.169. The molecule has 3 aliphatic rings. The fourth-order valence-corrected chi connectivity index (χ4v) is 6.39. The second-order valence-electron chi connectivity index (χ2n) is 12.3. The standard InChI is InChI=1S/C27H34ClN5O3.C2H2F3NO/c1-6-32-14-19(28)16-11-30-12-17(23(16)32)20(10-29)31-25(35)24-22-18(26(22,3)4)13-33(24)21(34)9-15(2)36-27(5)7-8-27;3-2(4,5)1(6)7/h11-12,14-15,18,20,22,24H,6-9,13H2,1-5H3,(H,31,35);(H2,6,7)/t15-,18?,20?,22+,24+;/m1./s1. The monoisotopic (exact) mass is 624 g/mol. The number of carbonyl (C=O) groups excluding carboxylic acids is 3. The van der Waals surface area contributed by atoms with Crippen LogP contribution in [0.1, 0.15) is 65.5 Å². The van der Waals surface area contributed by atoms with E-state index in [1.807, 2.05) is 24.6 Å². The van der Waals surface area contributed by atoms with E-state index < -0.39 is 24.2 Å². The quantitative estimate of drug-likeness (QED) is 0.449. The summed E-state index contributed by atoms with van der Waals surface area (Å²) in [6.07, 6.45) is 2.30. The lowest BCUT2D eigenvalue weighted by atomic mass is 9.99. The molecule has 3 amide bonds. The molecule has 1 saturated heterocycles. The van der Waals surface area contributed by atoms with Crippen molar-refractivity contribution in [2.45, 2.75) is 90.4 Å². The number of carbonyl (C=O) groups is 3. The Labute approximate surface area is 252 Å². The molecule has 0 aromatic carbocycles. The SMILES string of the molecule is CCn1cc(Cl)c2cncc(C(C#N)NC(=O)[C@@H]3[C@@H]4C(CN3C(=O)C[C@@H](C)OC3(C)CC3)C4(C)C)c21.NC(=O)C(F)(F)F. The number of aromatic nitrogens is 2. The average Bonchev–Trinajstić information content (AvgIpc) is 3.60. The number of nitrogens with one attached hydrogen (secondary N) is 1. The topological polar surface area (TPSA) is 143 Å². The smallest absolute Gasteiger partial charge is 0.372 e. The predicted molar refractivity (Wildman–Crippen MR) is 151 cm³/mol. The van der Waals surface area contributed by atoms with Gasteiger partial charge < -0.3 is 25.3 Å². The third-order valence-electron chi connectivity index (χ3n) is 8.81. The zero-order valence-electron chi connectivity index (χ0n) is 24.7. The molecular weight excluding hydrogens is 589 g/mol. The number of nitrogens with zero attached hydrogens (tertiary/aromatic N) is 4. The van der Waals surface area contributed by atoms with Crippen LogP contribution in [0, 0.1) is 28.6 Å². The van der Waals surface area contributed by atoms with Gasteiger partial charge in [0.05, 0.1) is 34.7 Å². The van der Waals surface area contributed by atoms with Crippen molar-refractivity contribution in [2.24, 2.45) is 23.0 Å². The molecule has 5 atom stereocenters. The number of alkyl halides is 3. The van der Waals surface area contributed by atoms with Crippen LogP contribution in [-0.2, 0) is 25.7 Å². The molecule has 3 heterocycles. The van der Waals surface area contributed by atoms with E-state index in [9.17, 15) is 28.0 Å². The van der Waals surface area contributed by atoms with Crippen molar-refractivity contribution in [3.8, 4) is 6.07 Å². The van der Waals surface area contributed by atoms with E-state index in [1.54, 1.807) is 17.3 Å². The number of ether oxygens (including phenoxy) is 1. The van der Waals surface area contributed by atoms with Crippen LogP contribution in [0.25, 0.3) is 10.9 Å². The Balaban J connectivity index is 0.000000541. The molecule has 3 N–H and O–H groups in total. The Kier molecular flexibility index (Phi) is 8.79. The highest BCUT2D eigenvalue weighted by Gasteiger charge is 2.69. The summed E-state index contributed by atoms with van der Waals surface area (Å²) >= 11 is 6.40. The van der Waals surface area contributed by atoms with Crippen molar-refractivity contribution in [3.05, 3.63) is 29.2 Å². The molecule has 43 heavy (non-hydrogen) atoms. The summed E-state index contributed by atoms with van der Waals surface area (Å²) in [4.78, 5) is 42.1. The lowest BCUT2D eigenvalue weighted by Gasteiger charge is -2.31. The van der Waals surface area contributed by atoms with Gasteiger partial charge in [-0.3, -0.25) is 19.4 Å². The molecule has 234 valence electrons. The maximum Gasteiger partial charge on any atom is 0.470 e. The summed E-state index contributed by atoms with van der Waals surface area (Å²) in [6, 6.07) is 0.709. The van der Waals surface area contributed by atoms with Crippen LogP contribution >= 0.6 is 11.6 Å². The second kappa shape index (κ2) is 11.6. The third-order valence-corrected chi connectivity index (χ3v) is 9.11. The van der Waals surface area contributed by atoms with E-state index in [0.717, 1.165) is 23.7 Å². The molecule has 1 aliphatic heterocycles. The van der Waals surface area contributed by atoms with E-state index in [-0.39, 0.29) is 47.2 Å². The number of piperidine rings is 1. The number of amides is 3. The van der Waals surface area contributed by atoms with E-state index in [0.29, 0.717) is 23.7 Å². The number of nitriles is 1. The van der Waals surface area contributed by atoms with Crippen molar-refractivity contribution in [1.29, 1.82) is 5.26 Å². The molecule has 0 bridgehead atoms. The highest BCUT2D eigenvalue weighted by atomic mass is 35.5. The number of aryl methyl sites for hydroxylation is 1. The van der Waals surface area contributed by atoms with Crippen LogP contribution in [0.5, 0.6) is 0 Å². The van der Waals surface area contributed by atoms with Gasteiger partial charge in [-0.25, -0.2) is 0 Å². The fourth-order valence-electron chi connectivity index (χ4n) is 6.13. The number of likely N-dealkylation sites (tertiary alicyclic amines) is 1. The summed E-state index contributed by atoms with van der Waals surface area (Å²) in [5.41, 5.74) is 5.06. The third kappa shape index (κ3) is 6.60. The molecule has 2 aromatic heterocycles. The first-order valence-electron chi connectivity index (χ1n) is 14.1. The van der Waals surface area contributed by atoms with Crippen LogP contribution in [0.4, 0.5) is 13.2 Å². The number of primary amides is 1. The minimum absolute atomic E-state index is 0.0173. The van der Waals surface area contributed by atoms with Crippen molar-refractivity contribution in [1.82, 2.24) is 19.8 Å². The maximum atomic E-state index is 13.7. The molecule has 2 unspecified atom stereocenters. The van der Waals surface area contributed by atoms with Gasteiger partial charge in [0.2, 0.25) is 11.8 Å². The van der Waals surface area contributed by atoms with E-state index >= 15 is 0 Å². The number of nitrogens with two attached hydrogens (primary N) is 1. The molecule has 3 fully saturated rings. The van der Waals surface area contributed by atoms with E-state index in [4.69, 9.17) is 21.1 Å². The summed E-state index contributed by atoms with van der Waals surface area (Å²) in [6.45, 7) is 11.5.